The van der Waals surface area contributed by atoms with Crippen molar-refractivity contribution in [3.63, 3.8) is 0 Å². The number of carbonyl (C=O) groups is 2. The molecule has 3 aromatic rings. The molecule has 9 nitrogen and oxygen atoms in total. The van der Waals surface area contributed by atoms with E-state index in [1.54, 1.807) is 11.6 Å². The van der Waals surface area contributed by atoms with E-state index >= 15 is 0 Å². The highest BCUT2D eigenvalue weighted by molar-refractivity contribution is 7.71. The molecule has 0 aliphatic carbocycles. The summed E-state index contributed by atoms with van der Waals surface area (Å²) in [5, 5.41) is 10.4. The molecule has 186 valence electrons. The molecule has 3 heterocycles. The summed E-state index contributed by atoms with van der Waals surface area (Å²) in [7, 11) is 1.62. The van der Waals surface area contributed by atoms with Gasteiger partial charge in [-0.05, 0) is 75.0 Å². The molecular weight excluding hydrogens is 466 g/mol. The molecule has 2 aromatic heterocycles. The van der Waals surface area contributed by atoms with Crippen LogP contribution >= 0.6 is 12.2 Å². The Morgan fingerprint density at radius 1 is 1.29 bits per heavy atom. The van der Waals surface area contributed by atoms with E-state index in [-0.39, 0.29) is 18.1 Å². The number of fused-ring (bicyclic) bond motifs is 1. The van der Waals surface area contributed by atoms with E-state index < -0.39 is 0 Å². The fraction of sp³-hybridized carbons (Fsp3) is 0.400. The Hall–Kier alpha value is -3.37. The lowest BCUT2D eigenvalue weighted by atomic mass is 9.88. The van der Waals surface area contributed by atoms with Crippen LogP contribution in [0.25, 0.3) is 10.9 Å². The molecule has 3 N–H and O–H groups in total. The van der Waals surface area contributed by atoms with E-state index in [4.69, 9.17) is 22.1 Å². The summed E-state index contributed by atoms with van der Waals surface area (Å²) in [6, 6.07) is 10.0. The summed E-state index contributed by atoms with van der Waals surface area (Å²) in [5.41, 5.74) is 4.45. The molecule has 1 saturated heterocycles. The topological polar surface area (TPSA) is 120 Å². The molecule has 1 aliphatic heterocycles. The summed E-state index contributed by atoms with van der Waals surface area (Å²) in [6.45, 7) is 7.04. The molecule has 10 heteroatoms. The molecule has 0 radical (unpaired) electrons. The van der Waals surface area contributed by atoms with Gasteiger partial charge in [-0.1, -0.05) is 24.4 Å². The Labute approximate surface area is 208 Å². The Balaban J connectivity index is 0.00000108. The molecule has 0 saturated carbocycles. The number of likely N-dealkylation sites (tertiary alicyclic amines) is 1. The molecule has 0 atom stereocenters. The number of pyridine rings is 1. The maximum Gasteiger partial charge on any atom is 0.326 e. The van der Waals surface area contributed by atoms with Crippen molar-refractivity contribution < 1.29 is 14.7 Å². The predicted molar refractivity (Wildman–Crippen MR) is 137 cm³/mol. The molecule has 1 fully saturated rings. The summed E-state index contributed by atoms with van der Waals surface area (Å²) < 4.78 is 2.17. The second kappa shape index (κ2) is 11.9. The number of nitrogens with zero attached hydrogens (tertiary/aromatic N) is 3. The third-order valence-corrected chi connectivity index (χ3v) is 6.82. The average molecular weight is 498 g/mol. The standard InChI is InChI=1S/C24H29N5O2S.CH2O2/c1-4-29-23(32)19-6-5-16(13-21(19)27-24(29)31)14-28-11-9-17(10-12-28)18-7-8-20(22(30)25-3)26-15(18)2;2-1-3/h5-8,13,17H,4,9-12,14H2,1-3H3,(H,25,30)(H,27,31);1H,(H,2,3). The average Bonchev–Trinajstić information content (AvgIpc) is 2.84. The Bertz CT molecular complexity index is 1330. The number of aryl methyl sites for hydroxylation is 1. The molecule has 1 amide bonds. The Morgan fingerprint density at radius 2 is 1.97 bits per heavy atom. The highest BCUT2D eigenvalue weighted by atomic mass is 32.1. The van der Waals surface area contributed by atoms with Crippen molar-refractivity contribution in [2.24, 2.45) is 0 Å². The van der Waals surface area contributed by atoms with Crippen LogP contribution in [0.3, 0.4) is 0 Å². The molecule has 0 spiro atoms. The van der Waals surface area contributed by atoms with Crippen molar-refractivity contribution in [1.82, 2.24) is 24.8 Å². The van der Waals surface area contributed by atoms with Crippen molar-refractivity contribution in [2.45, 2.75) is 45.7 Å². The minimum Gasteiger partial charge on any atom is -0.483 e. The normalized spacial score (nSPS) is 14.3. The molecule has 4 rings (SSSR count). The van der Waals surface area contributed by atoms with E-state index in [2.05, 4.69) is 32.3 Å². The van der Waals surface area contributed by atoms with Crippen LogP contribution in [0.15, 0.2) is 35.1 Å². The number of amides is 1. The lowest BCUT2D eigenvalue weighted by molar-refractivity contribution is -0.122. The van der Waals surface area contributed by atoms with E-state index in [0.29, 0.717) is 22.8 Å². The number of carbonyl (C=O) groups excluding carboxylic acids is 1. The molecule has 0 bridgehead atoms. The lowest BCUT2D eigenvalue weighted by Crippen LogP contribution is -2.32. The summed E-state index contributed by atoms with van der Waals surface area (Å²) in [6.07, 6.45) is 2.11. The lowest BCUT2D eigenvalue weighted by Gasteiger charge is -2.32. The first-order valence-electron chi connectivity index (χ1n) is 11.6. The van der Waals surface area contributed by atoms with E-state index in [0.717, 1.165) is 49.1 Å². The van der Waals surface area contributed by atoms with Gasteiger partial charge in [0.2, 0.25) is 0 Å². The fourth-order valence-electron chi connectivity index (χ4n) is 4.61. The quantitative estimate of drug-likeness (QED) is 0.366. The van der Waals surface area contributed by atoms with Gasteiger partial charge in [-0.15, -0.1) is 0 Å². The van der Waals surface area contributed by atoms with Gasteiger partial charge in [0.15, 0.2) is 0 Å². The highest BCUT2D eigenvalue weighted by Crippen LogP contribution is 2.30. The van der Waals surface area contributed by atoms with Crippen LogP contribution in [0.2, 0.25) is 0 Å². The van der Waals surface area contributed by atoms with Gasteiger partial charge in [0.05, 0.1) is 5.52 Å². The first-order valence-corrected chi connectivity index (χ1v) is 12.0. The van der Waals surface area contributed by atoms with Crippen molar-refractivity contribution in [1.29, 1.82) is 0 Å². The summed E-state index contributed by atoms with van der Waals surface area (Å²) >= 11 is 5.49. The van der Waals surface area contributed by atoms with Gasteiger partial charge >= 0.3 is 5.69 Å². The monoisotopic (exact) mass is 497 g/mol. The van der Waals surface area contributed by atoms with Crippen LogP contribution in [-0.2, 0) is 17.9 Å². The molecular formula is C25H31N5O4S. The van der Waals surface area contributed by atoms with Gasteiger partial charge in [-0.3, -0.25) is 19.1 Å². The van der Waals surface area contributed by atoms with Crippen molar-refractivity contribution in [3.8, 4) is 0 Å². The minimum atomic E-state index is -0.250. The summed E-state index contributed by atoms with van der Waals surface area (Å²) in [5.74, 6) is 0.302. The molecule has 0 unspecified atom stereocenters. The zero-order valence-corrected chi connectivity index (χ0v) is 21.0. The smallest absolute Gasteiger partial charge is 0.326 e. The van der Waals surface area contributed by atoms with Crippen molar-refractivity contribution >= 4 is 35.5 Å². The number of hydrogen-bond donors (Lipinski definition) is 3. The second-order valence-corrected chi connectivity index (χ2v) is 8.85. The number of piperidine rings is 1. The number of rotatable bonds is 5. The fourth-order valence-corrected chi connectivity index (χ4v) is 5.00. The maximum atomic E-state index is 12.3. The number of carboxylic acid groups (broad SMARTS) is 1. The number of aromatic nitrogens is 3. The van der Waals surface area contributed by atoms with Crippen LogP contribution in [0, 0.1) is 11.6 Å². The van der Waals surface area contributed by atoms with Crippen molar-refractivity contribution in [3.05, 3.63) is 68.0 Å². The molecule has 1 aliphatic rings. The number of H-pyrrole nitrogens is 1. The maximum absolute atomic E-state index is 12.3. The predicted octanol–water partition coefficient (Wildman–Crippen LogP) is 3.22. The van der Waals surface area contributed by atoms with Crippen LogP contribution in [0.4, 0.5) is 0 Å². The first kappa shape index (κ1) is 26.2. The zero-order chi connectivity index (χ0) is 25.5. The van der Waals surface area contributed by atoms with Gasteiger partial charge in [-0.2, -0.15) is 0 Å². The van der Waals surface area contributed by atoms with Crippen LogP contribution in [-0.4, -0.2) is 57.1 Å². The van der Waals surface area contributed by atoms with Gasteiger partial charge in [0, 0.05) is 31.2 Å². The molecule has 35 heavy (non-hydrogen) atoms. The number of aromatic amines is 1. The van der Waals surface area contributed by atoms with E-state index in [9.17, 15) is 9.59 Å². The van der Waals surface area contributed by atoms with Crippen LogP contribution in [0.1, 0.15) is 53.0 Å². The Morgan fingerprint density at radius 3 is 2.57 bits per heavy atom. The second-order valence-electron chi connectivity index (χ2n) is 8.47. The van der Waals surface area contributed by atoms with Crippen LogP contribution in [0.5, 0.6) is 0 Å². The highest BCUT2D eigenvalue weighted by Gasteiger charge is 2.23. The van der Waals surface area contributed by atoms with Gasteiger partial charge in [0.25, 0.3) is 12.4 Å². The van der Waals surface area contributed by atoms with Crippen LogP contribution < -0.4 is 11.0 Å². The summed E-state index contributed by atoms with van der Waals surface area (Å²) in [4.78, 5) is 42.3. The number of benzene rings is 1. The number of hydrogen-bond acceptors (Lipinski definition) is 6. The zero-order valence-electron chi connectivity index (χ0n) is 20.2. The van der Waals surface area contributed by atoms with Gasteiger partial charge in [-0.25, -0.2) is 9.78 Å². The Kier molecular flexibility index (Phi) is 8.89. The minimum absolute atomic E-state index is 0.154. The first-order chi connectivity index (χ1) is 16.8. The third-order valence-electron chi connectivity index (χ3n) is 6.38. The van der Waals surface area contributed by atoms with Gasteiger partial charge < -0.3 is 15.4 Å². The van der Waals surface area contributed by atoms with Gasteiger partial charge in [0.1, 0.15) is 10.3 Å². The largest absolute Gasteiger partial charge is 0.483 e. The van der Waals surface area contributed by atoms with E-state index in [1.807, 2.05) is 32.0 Å². The molecule has 1 aromatic carbocycles. The third kappa shape index (κ3) is 6.01. The van der Waals surface area contributed by atoms with E-state index in [1.165, 1.54) is 11.1 Å². The SMILES string of the molecule is CCn1c(=O)[nH]c2cc(CN3CCC(c4ccc(C(=O)NC)nc4C)CC3)ccc2c1=S.O=CO. The number of nitrogens with one attached hydrogen (secondary N) is 2. The van der Waals surface area contributed by atoms with Crippen molar-refractivity contribution in [2.75, 3.05) is 20.1 Å².